The molecule has 0 spiro atoms. The van der Waals surface area contributed by atoms with Crippen LogP contribution in [0.2, 0.25) is 0 Å². The van der Waals surface area contributed by atoms with E-state index in [0.717, 1.165) is 24.3 Å². The highest BCUT2D eigenvalue weighted by Gasteiger charge is 2.45. The van der Waals surface area contributed by atoms with Crippen LogP contribution in [0.25, 0.3) is 0 Å². The van der Waals surface area contributed by atoms with Gasteiger partial charge in [-0.1, -0.05) is 0 Å². The fraction of sp³-hybridized carbons (Fsp3) is 0.300. The van der Waals surface area contributed by atoms with Gasteiger partial charge in [-0.05, 0) is 24.3 Å². The predicted octanol–water partition coefficient (Wildman–Crippen LogP) is 2.06. The Balaban J connectivity index is 3.04. The van der Waals surface area contributed by atoms with Gasteiger partial charge in [-0.2, -0.15) is 8.78 Å². The highest BCUT2D eigenvalue weighted by atomic mass is 32.2. The van der Waals surface area contributed by atoms with Crippen LogP contribution in [0.4, 0.5) is 17.6 Å². The molecule has 1 aromatic carbocycles. The van der Waals surface area contributed by atoms with E-state index < -0.39 is 38.8 Å². The standard InChI is InChI=1S/C10H8F4O4S/c11-9(12)10(13,14)5-19(17,18)7-3-1-6(2-4-7)8(15)16/h1-4,9H,5H2,(H,15,16). The van der Waals surface area contributed by atoms with Crippen LogP contribution < -0.4 is 0 Å². The van der Waals surface area contributed by atoms with Gasteiger partial charge in [0, 0.05) is 0 Å². The Morgan fingerprint density at radius 2 is 1.68 bits per heavy atom. The second kappa shape index (κ2) is 5.16. The molecule has 9 heteroatoms. The van der Waals surface area contributed by atoms with E-state index in [4.69, 9.17) is 5.11 Å². The molecule has 0 radical (unpaired) electrons. The summed E-state index contributed by atoms with van der Waals surface area (Å²) >= 11 is 0. The van der Waals surface area contributed by atoms with Gasteiger partial charge in [0.1, 0.15) is 5.75 Å². The normalized spacial score (nSPS) is 12.7. The van der Waals surface area contributed by atoms with Gasteiger partial charge in [0.25, 0.3) is 0 Å². The molecule has 19 heavy (non-hydrogen) atoms. The summed E-state index contributed by atoms with van der Waals surface area (Å²) < 4.78 is 72.2. The largest absolute Gasteiger partial charge is 0.478 e. The highest BCUT2D eigenvalue weighted by molar-refractivity contribution is 7.91. The van der Waals surface area contributed by atoms with Crippen LogP contribution >= 0.6 is 0 Å². The van der Waals surface area contributed by atoms with Crippen LogP contribution in [0.1, 0.15) is 10.4 Å². The minimum absolute atomic E-state index is 0.250. The van der Waals surface area contributed by atoms with E-state index in [1.54, 1.807) is 0 Å². The number of carboxylic acids is 1. The molecule has 4 nitrogen and oxygen atoms in total. The summed E-state index contributed by atoms with van der Waals surface area (Å²) in [7, 11) is -4.63. The first-order valence-electron chi connectivity index (χ1n) is 4.78. The number of rotatable bonds is 5. The molecule has 0 unspecified atom stereocenters. The zero-order chi connectivity index (χ0) is 14.8. The van der Waals surface area contributed by atoms with Gasteiger partial charge >= 0.3 is 18.3 Å². The number of hydrogen-bond acceptors (Lipinski definition) is 3. The molecule has 0 aliphatic carbocycles. The van der Waals surface area contributed by atoms with Gasteiger partial charge in [0.15, 0.2) is 9.84 Å². The van der Waals surface area contributed by atoms with Crippen molar-refractivity contribution in [3.63, 3.8) is 0 Å². The molecule has 106 valence electrons. The zero-order valence-corrected chi connectivity index (χ0v) is 10.0. The summed E-state index contributed by atoms with van der Waals surface area (Å²) in [5, 5.41) is 8.57. The lowest BCUT2D eigenvalue weighted by molar-refractivity contribution is -0.111. The average Bonchev–Trinajstić information content (AvgIpc) is 2.27. The van der Waals surface area contributed by atoms with Crippen molar-refractivity contribution in [3.8, 4) is 0 Å². The van der Waals surface area contributed by atoms with Crippen LogP contribution in [0, 0.1) is 0 Å². The van der Waals surface area contributed by atoms with Crippen LogP contribution in [0.3, 0.4) is 0 Å². The van der Waals surface area contributed by atoms with Gasteiger partial charge in [-0.25, -0.2) is 22.0 Å². The summed E-state index contributed by atoms with van der Waals surface area (Å²) in [4.78, 5) is 9.87. The van der Waals surface area contributed by atoms with E-state index in [1.807, 2.05) is 0 Å². The number of benzene rings is 1. The summed E-state index contributed by atoms with van der Waals surface area (Å²) in [6.45, 7) is 0. The van der Waals surface area contributed by atoms with Crippen LogP contribution in [0.15, 0.2) is 29.2 Å². The third kappa shape index (κ3) is 3.66. The van der Waals surface area contributed by atoms with Gasteiger partial charge in [-0.3, -0.25) is 0 Å². The van der Waals surface area contributed by atoms with Crippen LogP contribution in [-0.2, 0) is 9.84 Å². The fourth-order valence-electron chi connectivity index (χ4n) is 1.20. The zero-order valence-electron chi connectivity index (χ0n) is 9.19. The Kier molecular flexibility index (Phi) is 4.18. The topological polar surface area (TPSA) is 71.4 Å². The Hall–Kier alpha value is -1.64. The van der Waals surface area contributed by atoms with Crippen molar-refractivity contribution >= 4 is 15.8 Å². The molecule has 0 saturated heterocycles. The van der Waals surface area contributed by atoms with Gasteiger partial charge < -0.3 is 5.11 Å². The lowest BCUT2D eigenvalue weighted by atomic mass is 10.2. The van der Waals surface area contributed by atoms with E-state index >= 15 is 0 Å². The quantitative estimate of drug-likeness (QED) is 0.845. The van der Waals surface area contributed by atoms with Crippen molar-refractivity contribution in [1.29, 1.82) is 0 Å². The first-order chi connectivity index (χ1) is 8.56. The molecule has 0 amide bonds. The molecule has 0 heterocycles. The van der Waals surface area contributed by atoms with E-state index in [9.17, 15) is 30.8 Å². The first-order valence-corrected chi connectivity index (χ1v) is 6.43. The van der Waals surface area contributed by atoms with E-state index in [2.05, 4.69) is 0 Å². The minimum Gasteiger partial charge on any atom is -0.478 e. The summed E-state index contributed by atoms with van der Waals surface area (Å²) in [6.07, 6.45) is -4.10. The molecule has 1 rings (SSSR count). The third-order valence-corrected chi connectivity index (χ3v) is 3.92. The predicted molar refractivity (Wildman–Crippen MR) is 56.4 cm³/mol. The van der Waals surface area contributed by atoms with Gasteiger partial charge in [-0.15, -0.1) is 0 Å². The molecule has 0 aromatic heterocycles. The second-order valence-corrected chi connectivity index (χ2v) is 5.64. The summed E-state index contributed by atoms with van der Waals surface area (Å²) in [5.74, 6) is -8.03. The maximum atomic E-state index is 12.7. The van der Waals surface area contributed by atoms with Crippen molar-refractivity contribution in [2.45, 2.75) is 17.2 Å². The summed E-state index contributed by atoms with van der Waals surface area (Å²) in [5.41, 5.74) is -0.250. The molecule has 1 aromatic rings. The maximum Gasteiger partial charge on any atom is 0.335 e. The molecule has 0 saturated carbocycles. The fourth-order valence-corrected chi connectivity index (χ4v) is 2.55. The number of carbonyl (C=O) groups is 1. The van der Waals surface area contributed by atoms with Gasteiger partial charge in [0.05, 0.1) is 10.5 Å². The van der Waals surface area contributed by atoms with Crippen molar-refractivity contribution in [1.82, 2.24) is 0 Å². The van der Waals surface area contributed by atoms with E-state index in [-0.39, 0.29) is 5.56 Å². The first kappa shape index (κ1) is 15.4. The van der Waals surface area contributed by atoms with Crippen molar-refractivity contribution < 1.29 is 35.9 Å². The maximum absolute atomic E-state index is 12.7. The molecular weight excluding hydrogens is 292 g/mol. The average molecular weight is 300 g/mol. The number of halogens is 4. The Morgan fingerprint density at radius 3 is 2.05 bits per heavy atom. The number of aromatic carboxylic acids is 1. The van der Waals surface area contributed by atoms with Crippen molar-refractivity contribution in [2.75, 3.05) is 5.75 Å². The van der Waals surface area contributed by atoms with Crippen molar-refractivity contribution in [3.05, 3.63) is 29.8 Å². The number of carboxylic acid groups (broad SMARTS) is 1. The van der Waals surface area contributed by atoms with Gasteiger partial charge in [0.2, 0.25) is 0 Å². The molecule has 0 fully saturated rings. The van der Waals surface area contributed by atoms with Crippen molar-refractivity contribution in [2.24, 2.45) is 0 Å². The van der Waals surface area contributed by atoms with E-state index in [0.29, 0.717) is 0 Å². The molecule has 0 aliphatic rings. The smallest absolute Gasteiger partial charge is 0.335 e. The highest BCUT2D eigenvalue weighted by Crippen LogP contribution is 2.27. The monoisotopic (exact) mass is 300 g/mol. The molecular formula is C10H8F4O4S. The Morgan fingerprint density at radius 1 is 1.21 bits per heavy atom. The van der Waals surface area contributed by atoms with Crippen LogP contribution in [0.5, 0.6) is 0 Å². The van der Waals surface area contributed by atoms with Crippen LogP contribution in [-0.4, -0.2) is 37.6 Å². The number of sulfone groups is 1. The molecule has 0 aliphatic heterocycles. The lowest BCUT2D eigenvalue weighted by Gasteiger charge is -2.15. The number of hydrogen-bond donors (Lipinski definition) is 1. The molecule has 0 bridgehead atoms. The Bertz CT molecular complexity index is 566. The summed E-state index contributed by atoms with van der Waals surface area (Å²) in [6, 6.07) is 3.33. The molecule has 0 atom stereocenters. The second-order valence-electron chi connectivity index (χ2n) is 3.65. The number of alkyl halides is 4. The Labute approximate surface area is 105 Å². The van der Waals surface area contributed by atoms with E-state index in [1.165, 1.54) is 0 Å². The third-order valence-electron chi connectivity index (χ3n) is 2.16. The SMILES string of the molecule is O=C(O)c1ccc(S(=O)(=O)CC(F)(F)C(F)F)cc1. The minimum atomic E-state index is -4.66. The lowest BCUT2D eigenvalue weighted by Crippen LogP contribution is -2.35. The molecule has 1 N–H and O–H groups in total.